The van der Waals surface area contributed by atoms with Crippen molar-refractivity contribution < 1.29 is 13.9 Å². The lowest BCUT2D eigenvalue weighted by Crippen LogP contribution is -2.15. The second-order valence-electron chi connectivity index (χ2n) is 7.73. The van der Waals surface area contributed by atoms with E-state index in [0.717, 1.165) is 44.5 Å². The number of hydrogen-bond donors (Lipinski definition) is 0. The molecular weight excluding hydrogens is 462 g/mol. The van der Waals surface area contributed by atoms with Gasteiger partial charge in [-0.25, -0.2) is 9.36 Å². The SMILES string of the molecule is CN=c1scc(-c2ccco2)n1N=Cc1cn(-c2ccccc2)nc1-c1ccc2c(c1)OCCO2. The van der Waals surface area contributed by atoms with Crippen molar-refractivity contribution in [2.45, 2.75) is 0 Å². The quantitative estimate of drug-likeness (QED) is 0.335. The van der Waals surface area contributed by atoms with Crippen molar-refractivity contribution in [1.29, 1.82) is 0 Å². The summed E-state index contributed by atoms with van der Waals surface area (Å²) in [7, 11) is 1.75. The Kier molecular flexibility index (Phi) is 5.51. The molecule has 0 fully saturated rings. The van der Waals surface area contributed by atoms with Crippen molar-refractivity contribution in [1.82, 2.24) is 14.5 Å². The first-order chi connectivity index (χ1) is 17.3. The molecule has 0 N–H and O–H groups in total. The van der Waals surface area contributed by atoms with Crippen molar-refractivity contribution >= 4 is 17.6 Å². The Morgan fingerprint density at radius 2 is 1.86 bits per heavy atom. The van der Waals surface area contributed by atoms with Crippen molar-refractivity contribution in [3.8, 4) is 39.9 Å². The summed E-state index contributed by atoms with van der Waals surface area (Å²) in [4.78, 5) is 5.12. The minimum atomic E-state index is 0.525. The third kappa shape index (κ3) is 4.06. The number of aromatic nitrogens is 3. The molecule has 0 unspecified atom stereocenters. The zero-order valence-electron chi connectivity index (χ0n) is 18.9. The Hall–Kier alpha value is -4.37. The second-order valence-corrected chi connectivity index (χ2v) is 8.57. The van der Waals surface area contributed by atoms with E-state index < -0.39 is 0 Å². The van der Waals surface area contributed by atoms with E-state index in [2.05, 4.69) is 4.99 Å². The third-order valence-corrected chi connectivity index (χ3v) is 6.45. The summed E-state index contributed by atoms with van der Waals surface area (Å²) >= 11 is 1.50. The number of benzene rings is 2. The molecule has 0 bridgehead atoms. The number of rotatable bonds is 5. The van der Waals surface area contributed by atoms with Crippen LogP contribution in [0.25, 0.3) is 28.4 Å². The molecule has 6 rings (SSSR count). The Bertz CT molecular complexity index is 1560. The van der Waals surface area contributed by atoms with Crippen LogP contribution in [-0.4, -0.2) is 40.9 Å². The molecule has 0 spiro atoms. The summed E-state index contributed by atoms with van der Waals surface area (Å²) in [5.74, 6) is 2.18. The van der Waals surface area contributed by atoms with E-state index in [9.17, 15) is 0 Å². The lowest BCUT2D eigenvalue weighted by atomic mass is 10.1. The van der Waals surface area contributed by atoms with Gasteiger partial charge in [-0.15, -0.1) is 11.3 Å². The molecule has 1 aliphatic rings. The van der Waals surface area contributed by atoms with Gasteiger partial charge in [-0.3, -0.25) is 4.99 Å². The molecule has 1 aliphatic heterocycles. The van der Waals surface area contributed by atoms with Crippen LogP contribution in [0.15, 0.2) is 93.0 Å². The monoisotopic (exact) mass is 483 g/mol. The fourth-order valence-electron chi connectivity index (χ4n) is 3.89. The van der Waals surface area contributed by atoms with Gasteiger partial charge >= 0.3 is 0 Å². The number of thiazole rings is 1. The highest BCUT2D eigenvalue weighted by molar-refractivity contribution is 7.07. The lowest BCUT2D eigenvalue weighted by Gasteiger charge is -2.18. The molecule has 0 saturated carbocycles. The zero-order chi connectivity index (χ0) is 23.6. The molecule has 0 saturated heterocycles. The lowest BCUT2D eigenvalue weighted by molar-refractivity contribution is 0.171. The molecule has 8 nitrogen and oxygen atoms in total. The van der Waals surface area contributed by atoms with Crippen molar-refractivity contribution in [3.63, 3.8) is 0 Å². The molecule has 3 aromatic heterocycles. The Balaban J connectivity index is 1.47. The number of para-hydroxylation sites is 1. The van der Waals surface area contributed by atoms with Crippen LogP contribution in [0.4, 0.5) is 0 Å². The molecule has 35 heavy (non-hydrogen) atoms. The van der Waals surface area contributed by atoms with E-state index in [1.165, 1.54) is 11.3 Å². The van der Waals surface area contributed by atoms with Gasteiger partial charge in [-0.1, -0.05) is 18.2 Å². The first-order valence-electron chi connectivity index (χ1n) is 11.1. The highest BCUT2D eigenvalue weighted by Crippen LogP contribution is 2.35. The van der Waals surface area contributed by atoms with Crippen LogP contribution in [-0.2, 0) is 0 Å². The van der Waals surface area contributed by atoms with E-state index in [1.807, 2.05) is 76.9 Å². The number of nitrogens with zero attached hydrogens (tertiary/aromatic N) is 5. The maximum absolute atomic E-state index is 5.80. The van der Waals surface area contributed by atoms with Gasteiger partial charge in [0.25, 0.3) is 0 Å². The summed E-state index contributed by atoms with van der Waals surface area (Å²) in [5.41, 5.74) is 4.31. The number of hydrogen-bond acceptors (Lipinski definition) is 7. The maximum atomic E-state index is 5.80. The molecule has 174 valence electrons. The van der Waals surface area contributed by atoms with Crippen molar-refractivity contribution in [3.05, 3.63) is 88.9 Å². The van der Waals surface area contributed by atoms with Gasteiger partial charge in [0.05, 0.1) is 18.2 Å². The minimum Gasteiger partial charge on any atom is -0.486 e. The predicted molar refractivity (Wildman–Crippen MR) is 134 cm³/mol. The van der Waals surface area contributed by atoms with Gasteiger partial charge in [0.1, 0.15) is 24.6 Å². The average molecular weight is 484 g/mol. The van der Waals surface area contributed by atoms with E-state index in [0.29, 0.717) is 19.0 Å². The van der Waals surface area contributed by atoms with E-state index >= 15 is 0 Å². The average Bonchev–Trinajstić information content (AvgIpc) is 3.67. The third-order valence-electron chi connectivity index (χ3n) is 5.54. The van der Waals surface area contributed by atoms with Crippen LogP contribution in [0, 0.1) is 0 Å². The van der Waals surface area contributed by atoms with Crippen LogP contribution in [0.5, 0.6) is 11.5 Å². The molecular formula is C26H21N5O3S. The molecule has 0 atom stereocenters. The van der Waals surface area contributed by atoms with Gasteiger partial charge in [-0.2, -0.15) is 10.2 Å². The maximum Gasteiger partial charge on any atom is 0.206 e. The van der Waals surface area contributed by atoms with Gasteiger partial charge in [0, 0.05) is 29.8 Å². The smallest absolute Gasteiger partial charge is 0.206 e. The molecule has 0 amide bonds. The standard InChI is InChI=1S/C26H21N5O3S/c1-27-26-31(21(17-35-26)22-8-5-11-32-22)28-15-19-16-30(20-6-3-2-4-7-20)29-25(19)18-9-10-23-24(14-18)34-13-12-33-23/h2-11,14-17H,12-13H2,1H3. The second kappa shape index (κ2) is 9.11. The molecule has 5 aromatic rings. The van der Waals surface area contributed by atoms with Crippen molar-refractivity contribution in [2.24, 2.45) is 10.1 Å². The van der Waals surface area contributed by atoms with E-state index in [-0.39, 0.29) is 0 Å². The first-order valence-corrected chi connectivity index (χ1v) is 11.9. The van der Waals surface area contributed by atoms with E-state index in [4.69, 9.17) is 24.1 Å². The summed E-state index contributed by atoms with van der Waals surface area (Å²) in [6.45, 7) is 1.07. The Morgan fingerprint density at radius 3 is 2.66 bits per heavy atom. The summed E-state index contributed by atoms with van der Waals surface area (Å²) < 4.78 is 20.7. The molecule has 2 aromatic carbocycles. The van der Waals surface area contributed by atoms with E-state index in [1.54, 1.807) is 24.2 Å². The highest BCUT2D eigenvalue weighted by atomic mass is 32.1. The van der Waals surface area contributed by atoms with Gasteiger partial charge in [-0.05, 0) is 42.5 Å². The molecule has 4 heterocycles. The largest absolute Gasteiger partial charge is 0.486 e. The predicted octanol–water partition coefficient (Wildman–Crippen LogP) is 4.85. The van der Waals surface area contributed by atoms with Crippen LogP contribution < -0.4 is 14.3 Å². The topological polar surface area (TPSA) is 79.1 Å². The highest BCUT2D eigenvalue weighted by Gasteiger charge is 2.17. The number of fused-ring (bicyclic) bond motifs is 1. The summed E-state index contributed by atoms with van der Waals surface area (Å²) in [5, 5.41) is 11.7. The van der Waals surface area contributed by atoms with Gasteiger partial charge in [0.2, 0.25) is 4.80 Å². The minimum absolute atomic E-state index is 0.525. The number of furan rings is 1. The first kappa shape index (κ1) is 21.2. The fourth-order valence-corrected chi connectivity index (χ4v) is 4.67. The van der Waals surface area contributed by atoms with Crippen LogP contribution in [0.2, 0.25) is 0 Å². The van der Waals surface area contributed by atoms with Crippen LogP contribution in [0.3, 0.4) is 0 Å². The normalized spacial score (nSPS) is 13.6. The van der Waals surface area contributed by atoms with Gasteiger partial charge < -0.3 is 13.9 Å². The summed E-state index contributed by atoms with van der Waals surface area (Å²) in [6, 6.07) is 19.6. The fraction of sp³-hybridized carbons (Fsp3) is 0.115. The molecule has 0 radical (unpaired) electrons. The Morgan fingerprint density at radius 1 is 1.00 bits per heavy atom. The van der Waals surface area contributed by atoms with Gasteiger partial charge in [0.15, 0.2) is 17.3 Å². The molecule has 0 aliphatic carbocycles. The zero-order valence-corrected chi connectivity index (χ0v) is 19.7. The van der Waals surface area contributed by atoms with Crippen LogP contribution in [0.1, 0.15) is 5.56 Å². The Labute approximate surface area is 205 Å². The van der Waals surface area contributed by atoms with Crippen LogP contribution >= 0.6 is 11.3 Å². The summed E-state index contributed by atoms with van der Waals surface area (Å²) in [6.07, 6.45) is 5.41. The van der Waals surface area contributed by atoms with Crippen molar-refractivity contribution in [2.75, 3.05) is 20.3 Å². The number of ether oxygens (including phenoxy) is 2. The molecule has 9 heteroatoms.